The molecule has 0 radical (unpaired) electrons. The first-order valence-corrected chi connectivity index (χ1v) is 11.3. The van der Waals surface area contributed by atoms with E-state index in [-0.39, 0.29) is 17.9 Å². The molecule has 6 heteroatoms. The van der Waals surface area contributed by atoms with Crippen molar-refractivity contribution in [3.05, 3.63) is 59.3 Å². The van der Waals surface area contributed by atoms with Gasteiger partial charge in [-0.3, -0.25) is 4.79 Å². The van der Waals surface area contributed by atoms with Crippen molar-refractivity contribution in [1.82, 2.24) is 14.9 Å². The van der Waals surface area contributed by atoms with Gasteiger partial charge in [-0.05, 0) is 62.9 Å². The minimum Gasteiger partial charge on any atom is -0.497 e. The number of piperidine rings is 1. The zero-order valence-electron chi connectivity index (χ0n) is 19.6. The highest BCUT2D eigenvalue weighted by atomic mass is 16.5. The lowest BCUT2D eigenvalue weighted by molar-refractivity contribution is -0.136. The minimum atomic E-state index is -0.0634. The molecular formula is C26H32N4O2. The van der Waals surface area contributed by atoms with Crippen molar-refractivity contribution < 1.29 is 9.53 Å². The van der Waals surface area contributed by atoms with Crippen molar-refractivity contribution in [3.8, 4) is 5.75 Å². The quantitative estimate of drug-likeness (QED) is 0.585. The van der Waals surface area contributed by atoms with E-state index in [1.165, 1.54) is 5.56 Å². The molecule has 3 aromatic rings. The van der Waals surface area contributed by atoms with Crippen LogP contribution in [0.25, 0.3) is 10.9 Å². The predicted octanol–water partition coefficient (Wildman–Crippen LogP) is 4.69. The number of carbonyl (C=O) groups is 1. The van der Waals surface area contributed by atoms with Crippen LogP contribution >= 0.6 is 0 Å². The zero-order chi connectivity index (χ0) is 22.8. The Morgan fingerprint density at radius 1 is 1.16 bits per heavy atom. The van der Waals surface area contributed by atoms with Gasteiger partial charge < -0.3 is 14.5 Å². The minimum absolute atomic E-state index is 0.00841. The van der Waals surface area contributed by atoms with E-state index in [9.17, 15) is 4.79 Å². The number of ether oxygens (including phenoxy) is 1. The number of benzene rings is 2. The van der Waals surface area contributed by atoms with E-state index in [1.807, 2.05) is 43.1 Å². The second-order valence-electron chi connectivity index (χ2n) is 8.81. The lowest BCUT2D eigenvalue weighted by Crippen LogP contribution is -2.45. The summed E-state index contributed by atoms with van der Waals surface area (Å²) < 4.78 is 5.25. The molecule has 6 nitrogen and oxygen atoms in total. The maximum absolute atomic E-state index is 13.4. The number of carbonyl (C=O) groups excluding carboxylic acids is 1. The Kier molecular flexibility index (Phi) is 6.31. The van der Waals surface area contributed by atoms with Crippen LogP contribution in [0.15, 0.2) is 42.5 Å². The molecule has 0 unspecified atom stereocenters. The number of nitrogens with zero attached hydrogens (tertiary/aromatic N) is 4. The van der Waals surface area contributed by atoms with Crippen LogP contribution in [-0.4, -0.2) is 48.0 Å². The van der Waals surface area contributed by atoms with Crippen LogP contribution in [0, 0.1) is 19.8 Å². The average molecular weight is 433 g/mol. The Labute approximate surface area is 190 Å². The number of amides is 1. The first-order valence-electron chi connectivity index (χ1n) is 11.3. The number of methoxy groups -OCH3 is 1. The molecule has 1 aromatic heterocycles. The van der Waals surface area contributed by atoms with Gasteiger partial charge in [-0.15, -0.1) is 0 Å². The fourth-order valence-electron chi connectivity index (χ4n) is 4.47. The fraction of sp³-hybridized carbons (Fsp3) is 0.423. The van der Waals surface area contributed by atoms with Gasteiger partial charge in [0, 0.05) is 25.5 Å². The van der Waals surface area contributed by atoms with E-state index >= 15 is 0 Å². The molecule has 0 saturated carbocycles. The summed E-state index contributed by atoms with van der Waals surface area (Å²) in [5, 5.41) is 1.08. The van der Waals surface area contributed by atoms with Crippen LogP contribution in [0.5, 0.6) is 5.75 Å². The van der Waals surface area contributed by atoms with Crippen LogP contribution in [0.2, 0.25) is 0 Å². The van der Waals surface area contributed by atoms with Gasteiger partial charge in [0.15, 0.2) is 0 Å². The van der Waals surface area contributed by atoms with Gasteiger partial charge >= 0.3 is 0 Å². The Bertz CT molecular complexity index is 1110. The smallest absolute Gasteiger partial charge is 0.227 e. The summed E-state index contributed by atoms with van der Waals surface area (Å²) in [6.45, 7) is 7.69. The summed E-state index contributed by atoms with van der Waals surface area (Å²) in [6.07, 6.45) is 1.84. The number of hydrogen-bond donors (Lipinski definition) is 0. The number of hydrogen-bond acceptors (Lipinski definition) is 5. The van der Waals surface area contributed by atoms with E-state index in [0.29, 0.717) is 6.54 Å². The van der Waals surface area contributed by atoms with Crippen LogP contribution in [0.3, 0.4) is 0 Å². The zero-order valence-corrected chi connectivity index (χ0v) is 19.6. The van der Waals surface area contributed by atoms with Crippen molar-refractivity contribution in [2.45, 2.75) is 39.7 Å². The highest BCUT2D eigenvalue weighted by Gasteiger charge is 2.31. The largest absolute Gasteiger partial charge is 0.497 e. The molecule has 2 heterocycles. The van der Waals surface area contributed by atoms with E-state index in [4.69, 9.17) is 14.7 Å². The molecule has 2 aromatic carbocycles. The lowest BCUT2D eigenvalue weighted by atomic mass is 9.95. The van der Waals surface area contributed by atoms with E-state index in [1.54, 1.807) is 7.11 Å². The Morgan fingerprint density at radius 2 is 1.91 bits per heavy atom. The molecule has 4 rings (SSSR count). The predicted molar refractivity (Wildman–Crippen MR) is 128 cm³/mol. The van der Waals surface area contributed by atoms with Gasteiger partial charge in [-0.25, -0.2) is 9.97 Å². The summed E-state index contributed by atoms with van der Waals surface area (Å²) in [5.74, 6) is 1.65. The molecule has 32 heavy (non-hydrogen) atoms. The lowest BCUT2D eigenvalue weighted by Gasteiger charge is -2.36. The van der Waals surface area contributed by atoms with Crippen molar-refractivity contribution in [2.75, 3.05) is 32.1 Å². The Morgan fingerprint density at radius 3 is 2.62 bits per heavy atom. The molecule has 1 aliphatic heterocycles. The number of anilines is 1. The summed E-state index contributed by atoms with van der Waals surface area (Å²) >= 11 is 0. The molecule has 2 atom stereocenters. The third kappa shape index (κ3) is 4.40. The normalized spacial score (nSPS) is 17.3. The number of aromatic nitrogens is 2. The van der Waals surface area contributed by atoms with Gasteiger partial charge in [-0.1, -0.05) is 24.3 Å². The van der Waals surface area contributed by atoms with Crippen LogP contribution in [0.1, 0.15) is 42.6 Å². The van der Waals surface area contributed by atoms with Gasteiger partial charge in [0.05, 0.1) is 30.3 Å². The molecule has 0 bridgehead atoms. The SMILES string of the molecule is COc1ccc([C@@H](C)N(C)C(=O)[C@@H]2CCCN(c3nc(C)c4ccc(C)cc4n3)C2)cc1. The molecule has 0 spiro atoms. The highest BCUT2D eigenvalue weighted by molar-refractivity contribution is 5.83. The van der Waals surface area contributed by atoms with Gasteiger partial charge in [0.2, 0.25) is 11.9 Å². The standard InChI is InChI=1S/C26H32N4O2/c1-17-8-13-23-18(2)27-26(28-24(23)15-17)30-14-6-7-21(16-30)25(31)29(4)19(3)20-9-11-22(32-5)12-10-20/h8-13,15,19,21H,6-7,14,16H2,1-5H3/t19-,21-/m1/s1. The van der Waals surface area contributed by atoms with Gasteiger partial charge in [0.1, 0.15) is 5.75 Å². The first kappa shape index (κ1) is 22.1. The van der Waals surface area contributed by atoms with Crippen molar-refractivity contribution >= 4 is 22.8 Å². The molecule has 0 N–H and O–H groups in total. The molecule has 1 fully saturated rings. The van der Waals surface area contributed by atoms with Crippen LogP contribution < -0.4 is 9.64 Å². The van der Waals surface area contributed by atoms with Gasteiger partial charge in [-0.2, -0.15) is 0 Å². The summed E-state index contributed by atoms with van der Waals surface area (Å²) in [4.78, 5) is 27.0. The number of fused-ring (bicyclic) bond motifs is 1. The second-order valence-corrected chi connectivity index (χ2v) is 8.81. The second kappa shape index (κ2) is 9.15. The van der Waals surface area contributed by atoms with E-state index in [2.05, 4.69) is 36.9 Å². The number of aryl methyl sites for hydroxylation is 2. The third-order valence-corrected chi connectivity index (χ3v) is 6.61. The summed E-state index contributed by atoms with van der Waals surface area (Å²) in [5.41, 5.74) is 4.22. The summed E-state index contributed by atoms with van der Waals surface area (Å²) in [6, 6.07) is 14.2. The van der Waals surface area contributed by atoms with Crippen LogP contribution in [0.4, 0.5) is 5.95 Å². The van der Waals surface area contributed by atoms with Crippen molar-refractivity contribution in [1.29, 1.82) is 0 Å². The first-order chi connectivity index (χ1) is 15.4. The number of rotatable bonds is 5. The molecule has 1 amide bonds. The Hall–Kier alpha value is -3.15. The molecule has 0 aliphatic carbocycles. The fourth-order valence-corrected chi connectivity index (χ4v) is 4.47. The topological polar surface area (TPSA) is 58.6 Å². The van der Waals surface area contributed by atoms with Crippen molar-refractivity contribution in [2.24, 2.45) is 5.92 Å². The molecular weight excluding hydrogens is 400 g/mol. The average Bonchev–Trinajstić information content (AvgIpc) is 2.82. The van der Waals surface area contributed by atoms with Crippen LogP contribution in [-0.2, 0) is 4.79 Å². The maximum atomic E-state index is 13.4. The van der Waals surface area contributed by atoms with Gasteiger partial charge in [0.25, 0.3) is 0 Å². The van der Waals surface area contributed by atoms with E-state index < -0.39 is 0 Å². The monoisotopic (exact) mass is 432 g/mol. The van der Waals surface area contributed by atoms with E-state index in [0.717, 1.165) is 53.2 Å². The maximum Gasteiger partial charge on any atom is 0.227 e. The van der Waals surface area contributed by atoms with Crippen molar-refractivity contribution in [3.63, 3.8) is 0 Å². The summed E-state index contributed by atoms with van der Waals surface area (Å²) in [7, 11) is 3.56. The highest BCUT2D eigenvalue weighted by Crippen LogP contribution is 2.28. The Balaban J connectivity index is 1.50. The molecule has 1 aliphatic rings. The molecule has 1 saturated heterocycles. The molecule has 168 valence electrons. The third-order valence-electron chi connectivity index (χ3n) is 6.61.